The summed E-state index contributed by atoms with van der Waals surface area (Å²) in [6.07, 6.45) is -4.52. The van der Waals surface area contributed by atoms with Crippen molar-refractivity contribution in [1.82, 2.24) is 4.90 Å². The number of alkyl halides is 3. The van der Waals surface area contributed by atoms with Crippen molar-refractivity contribution < 1.29 is 32.2 Å². The van der Waals surface area contributed by atoms with Crippen LogP contribution in [-0.4, -0.2) is 30.1 Å². The first kappa shape index (κ1) is 27.9. The third-order valence-corrected chi connectivity index (χ3v) is 5.83. The van der Waals surface area contributed by atoms with Gasteiger partial charge in [-0.05, 0) is 42.7 Å². The fourth-order valence-electron chi connectivity index (χ4n) is 4.19. The van der Waals surface area contributed by atoms with Gasteiger partial charge in [-0.2, -0.15) is 13.2 Å². The molecule has 0 aliphatic carbocycles. The van der Waals surface area contributed by atoms with E-state index >= 15 is 0 Å². The van der Waals surface area contributed by atoms with Crippen molar-refractivity contribution >= 4 is 11.9 Å². The number of ether oxygens (including phenoxy) is 2. The van der Waals surface area contributed by atoms with E-state index in [0.717, 1.165) is 23.3 Å². The van der Waals surface area contributed by atoms with E-state index in [0.29, 0.717) is 18.7 Å². The van der Waals surface area contributed by atoms with Crippen molar-refractivity contribution in [3.63, 3.8) is 0 Å². The zero-order valence-electron chi connectivity index (χ0n) is 20.8. The second kappa shape index (κ2) is 13.1. The van der Waals surface area contributed by atoms with Crippen LogP contribution in [0.1, 0.15) is 42.1 Å². The van der Waals surface area contributed by atoms with Gasteiger partial charge in [0, 0.05) is 13.1 Å². The molecule has 196 valence electrons. The second-order valence-electron chi connectivity index (χ2n) is 8.42. The van der Waals surface area contributed by atoms with Gasteiger partial charge in [0.2, 0.25) is 0 Å². The maximum absolute atomic E-state index is 13.3. The van der Waals surface area contributed by atoms with Crippen LogP contribution in [-0.2, 0) is 38.3 Å². The normalized spacial score (nSPS) is 12.4. The number of carbonyl (C=O) groups is 2. The number of halogens is 3. The molecule has 3 aromatic rings. The Morgan fingerprint density at radius 1 is 0.730 bits per heavy atom. The van der Waals surface area contributed by atoms with E-state index in [9.17, 15) is 22.8 Å². The number of nitrogens with zero attached hydrogens (tertiary/aromatic N) is 1. The molecule has 0 fully saturated rings. The van der Waals surface area contributed by atoms with Crippen LogP contribution in [0.4, 0.5) is 13.2 Å². The molecule has 0 saturated heterocycles. The van der Waals surface area contributed by atoms with Crippen LogP contribution in [0, 0.1) is 5.92 Å². The van der Waals surface area contributed by atoms with Gasteiger partial charge in [-0.15, -0.1) is 0 Å². The number of hydrogen-bond donors (Lipinski definition) is 0. The Bertz CT molecular complexity index is 1080. The van der Waals surface area contributed by atoms with Gasteiger partial charge in [-0.3, -0.25) is 14.5 Å². The molecular formula is C29H30F3NO4. The van der Waals surface area contributed by atoms with Crippen LogP contribution in [0.2, 0.25) is 0 Å². The minimum absolute atomic E-state index is 0.0336. The van der Waals surface area contributed by atoms with Gasteiger partial charge < -0.3 is 9.47 Å². The SMILES string of the molecule is CCOC(=O)C(C(=O)OCC)C(c1ccc(C(F)(F)F)cc1)N(Cc1ccccc1)Cc1ccccc1. The van der Waals surface area contributed by atoms with Gasteiger partial charge in [0.25, 0.3) is 0 Å². The lowest BCUT2D eigenvalue weighted by Gasteiger charge is -2.36. The molecule has 0 heterocycles. The summed E-state index contributed by atoms with van der Waals surface area (Å²) in [4.78, 5) is 28.3. The van der Waals surface area contributed by atoms with Crippen LogP contribution in [0.15, 0.2) is 84.9 Å². The lowest BCUT2D eigenvalue weighted by atomic mass is 9.89. The molecule has 3 aromatic carbocycles. The number of rotatable bonds is 11. The van der Waals surface area contributed by atoms with Crippen molar-refractivity contribution in [2.75, 3.05) is 13.2 Å². The minimum atomic E-state index is -4.52. The lowest BCUT2D eigenvalue weighted by Crippen LogP contribution is -2.42. The molecule has 0 aromatic heterocycles. The summed E-state index contributed by atoms with van der Waals surface area (Å²) in [7, 11) is 0. The van der Waals surface area contributed by atoms with E-state index < -0.39 is 35.6 Å². The van der Waals surface area contributed by atoms with E-state index in [2.05, 4.69) is 0 Å². The number of hydrogen-bond acceptors (Lipinski definition) is 5. The molecule has 0 bridgehead atoms. The van der Waals surface area contributed by atoms with Crippen molar-refractivity contribution in [3.05, 3.63) is 107 Å². The van der Waals surface area contributed by atoms with E-state index in [1.165, 1.54) is 12.1 Å². The largest absolute Gasteiger partial charge is 0.465 e. The minimum Gasteiger partial charge on any atom is -0.465 e. The van der Waals surface area contributed by atoms with E-state index in [1.807, 2.05) is 65.6 Å². The highest BCUT2D eigenvalue weighted by atomic mass is 19.4. The molecule has 0 aliphatic heterocycles. The summed E-state index contributed by atoms with van der Waals surface area (Å²) in [5.74, 6) is -3.00. The second-order valence-corrected chi connectivity index (χ2v) is 8.42. The first-order valence-electron chi connectivity index (χ1n) is 12.1. The molecule has 0 radical (unpaired) electrons. The van der Waals surface area contributed by atoms with E-state index in [4.69, 9.17) is 9.47 Å². The van der Waals surface area contributed by atoms with Gasteiger partial charge in [-0.1, -0.05) is 72.8 Å². The molecule has 1 atom stereocenters. The van der Waals surface area contributed by atoms with Crippen molar-refractivity contribution in [1.29, 1.82) is 0 Å². The maximum atomic E-state index is 13.3. The first-order valence-corrected chi connectivity index (χ1v) is 12.1. The summed E-state index contributed by atoms with van der Waals surface area (Å²) in [6.45, 7) is 3.95. The highest BCUT2D eigenvalue weighted by Gasteiger charge is 2.42. The van der Waals surface area contributed by atoms with Gasteiger partial charge in [0.05, 0.1) is 24.8 Å². The van der Waals surface area contributed by atoms with Crippen LogP contribution in [0.25, 0.3) is 0 Å². The molecule has 37 heavy (non-hydrogen) atoms. The van der Waals surface area contributed by atoms with Crippen molar-refractivity contribution in [2.24, 2.45) is 5.92 Å². The van der Waals surface area contributed by atoms with Gasteiger partial charge in [0.15, 0.2) is 5.92 Å². The number of benzene rings is 3. The Morgan fingerprint density at radius 3 is 1.54 bits per heavy atom. The van der Waals surface area contributed by atoms with Crippen LogP contribution in [0.3, 0.4) is 0 Å². The third kappa shape index (κ3) is 7.67. The average Bonchev–Trinajstić information content (AvgIpc) is 2.88. The Hall–Kier alpha value is -3.65. The molecule has 8 heteroatoms. The predicted molar refractivity (Wildman–Crippen MR) is 133 cm³/mol. The zero-order valence-corrected chi connectivity index (χ0v) is 20.8. The molecule has 5 nitrogen and oxygen atoms in total. The lowest BCUT2D eigenvalue weighted by molar-refractivity contribution is -0.166. The highest BCUT2D eigenvalue weighted by Crippen LogP contribution is 2.36. The van der Waals surface area contributed by atoms with Crippen molar-refractivity contribution in [2.45, 2.75) is 39.2 Å². The molecule has 1 unspecified atom stereocenters. The summed E-state index contributed by atoms with van der Waals surface area (Å²) in [5, 5.41) is 0. The monoisotopic (exact) mass is 513 g/mol. The van der Waals surface area contributed by atoms with Gasteiger partial charge in [-0.25, -0.2) is 0 Å². The zero-order chi connectivity index (χ0) is 26.8. The third-order valence-electron chi connectivity index (χ3n) is 5.83. The highest BCUT2D eigenvalue weighted by molar-refractivity contribution is 5.96. The maximum Gasteiger partial charge on any atom is 0.416 e. The average molecular weight is 514 g/mol. The van der Waals surface area contributed by atoms with Crippen molar-refractivity contribution in [3.8, 4) is 0 Å². The Kier molecular flexibility index (Phi) is 9.85. The summed E-state index contributed by atoms with van der Waals surface area (Å²) >= 11 is 0. The van der Waals surface area contributed by atoms with Gasteiger partial charge >= 0.3 is 18.1 Å². The standard InChI is InChI=1S/C29H30F3NO4/c1-3-36-27(34)25(28(35)37-4-2)26(23-15-17-24(18-16-23)29(30,31)32)33(19-21-11-7-5-8-12-21)20-22-13-9-6-10-14-22/h5-18,25-26H,3-4,19-20H2,1-2H3. The van der Waals surface area contributed by atoms with Crippen LogP contribution >= 0.6 is 0 Å². The topological polar surface area (TPSA) is 55.8 Å². The molecule has 0 aliphatic rings. The predicted octanol–water partition coefficient (Wildman–Crippen LogP) is 6.19. The summed E-state index contributed by atoms with van der Waals surface area (Å²) < 4.78 is 50.4. The fraction of sp³-hybridized carbons (Fsp3) is 0.310. The molecule has 0 N–H and O–H groups in total. The molecular weight excluding hydrogens is 483 g/mol. The molecule has 0 amide bonds. The molecule has 3 rings (SSSR count). The van der Waals surface area contributed by atoms with E-state index in [1.54, 1.807) is 13.8 Å². The smallest absolute Gasteiger partial charge is 0.416 e. The molecule has 0 saturated carbocycles. The first-order chi connectivity index (χ1) is 17.7. The quantitative estimate of drug-likeness (QED) is 0.226. The van der Waals surface area contributed by atoms with Gasteiger partial charge in [0.1, 0.15) is 0 Å². The summed E-state index contributed by atoms with van der Waals surface area (Å²) in [6, 6.07) is 22.4. The van der Waals surface area contributed by atoms with Crippen LogP contribution < -0.4 is 0 Å². The molecule has 0 spiro atoms. The summed E-state index contributed by atoms with van der Waals surface area (Å²) in [5.41, 5.74) is 1.35. The number of esters is 2. The Balaban J connectivity index is 2.17. The Morgan fingerprint density at radius 2 is 1.16 bits per heavy atom. The van der Waals surface area contributed by atoms with Crippen LogP contribution in [0.5, 0.6) is 0 Å². The number of carbonyl (C=O) groups excluding carboxylic acids is 2. The fourth-order valence-corrected chi connectivity index (χ4v) is 4.19. The van der Waals surface area contributed by atoms with E-state index in [-0.39, 0.29) is 13.2 Å². The Labute approximate surface area is 214 Å².